The average Bonchev–Trinajstić information content (AvgIpc) is 2.35. The van der Waals surface area contributed by atoms with Gasteiger partial charge in [-0.2, -0.15) is 0 Å². The Morgan fingerprint density at radius 3 is 3.12 bits per heavy atom. The first-order chi connectivity index (χ1) is 8.27. The minimum atomic E-state index is 0.159. The summed E-state index contributed by atoms with van der Waals surface area (Å²) in [4.78, 5) is 9.27. The fourth-order valence-electron chi connectivity index (χ4n) is 1.17. The lowest BCUT2D eigenvalue weighted by molar-refractivity contribution is 0.181. The second kappa shape index (κ2) is 7.07. The first kappa shape index (κ1) is 12.8. The molecule has 4 heteroatoms. The van der Waals surface area contributed by atoms with Gasteiger partial charge >= 0.3 is 0 Å². The summed E-state index contributed by atoms with van der Waals surface area (Å²) in [6.45, 7) is 1.99. The molecule has 0 aromatic heterocycles. The number of hydrogen-bond donors (Lipinski definition) is 0. The van der Waals surface area contributed by atoms with E-state index < -0.39 is 0 Å². The maximum atomic E-state index is 5.02. The van der Waals surface area contributed by atoms with E-state index in [0.29, 0.717) is 0 Å². The van der Waals surface area contributed by atoms with E-state index in [0.717, 1.165) is 16.8 Å². The summed E-state index contributed by atoms with van der Waals surface area (Å²) in [5.41, 5.74) is 2.55. The highest BCUT2D eigenvalue weighted by molar-refractivity contribution is 5.99. The SMILES string of the molecule is C#CCO/N=C/c1cccc(/C(C)=N/O[CH2])c1. The van der Waals surface area contributed by atoms with Crippen LogP contribution in [0.4, 0.5) is 0 Å². The Labute approximate surface area is 101 Å². The van der Waals surface area contributed by atoms with E-state index in [1.165, 1.54) is 0 Å². The normalized spacial score (nSPS) is 11.2. The fraction of sp³-hybridized carbons (Fsp3) is 0.154. The van der Waals surface area contributed by atoms with E-state index >= 15 is 0 Å². The Kier molecular flexibility index (Phi) is 5.32. The van der Waals surface area contributed by atoms with Crippen LogP contribution in [0.25, 0.3) is 0 Å². The van der Waals surface area contributed by atoms with Crippen molar-refractivity contribution in [3.05, 3.63) is 42.5 Å². The van der Waals surface area contributed by atoms with Crippen molar-refractivity contribution < 1.29 is 9.68 Å². The molecule has 1 rings (SSSR count). The molecule has 87 valence electrons. The van der Waals surface area contributed by atoms with Crippen molar-refractivity contribution in [2.45, 2.75) is 6.92 Å². The molecular formula is C13H13N2O2. The topological polar surface area (TPSA) is 43.2 Å². The number of nitrogens with zero attached hydrogens (tertiary/aromatic N) is 2. The third-order valence-corrected chi connectivity index (χ3v) is 1.93. The quantitative estimate of drug-likeness (QED) is 0.336. The van der Waals surface area contributed by atoms with Gasteiger partial charge in [-0.1, -0.05) is 34.4 Å². The number of rotatable bonds is 5. The molecule has 0 atom stereocenters. The maximum Gasteiger partial charge on any atom is 0.177 e. The van der Waals surface area contributed by atoms with Crippen molar-refractivity contribution in [1.82, 2.24) is 0 Å². The van der Waals surface area contributed by atoms with Crippen LogP contribution < -0.4 is 0 Å². The molecule has 0 fully saturated rings. The van der Waals surface area contributed by atoms with E-state index in [1.807, 2.05) is 31.2 Å². The first-order valence-corrected chi connectivity index (χ1v) is 4.93. The summed E-state index contributed by atoms with van der Waals surface area (Å²) in [7, 11) is 3.19. The Hall–Kier alpha value is -2.28. The average molecular weight is 229 g/mol. The van der Waals surface area contributed by atoms with Gasteiger partial charge < -0.3 is 9.68 Å². The van der Waals surface area contributed by atoms with Gasteiger partial charge in [0, 0.05) is 0 Å². The van der Waals surface area contributed by atoms with Crippen LogP contribution in [-0.4, -0.2) is 18.5 Å². The van der Waals surface area contributed by atoms with Crippen molar-refractivity contribution in [3.8, 4) is 12.3 Å². The van der Waals surface area contributed by atoms with E-state index in [9.17, 15) is 0 Å². The molecule has 0 N–H and O–H groups in total. The summed E-state index contributed by atoms with van der Waals surface area (Å²) in [5, 5.41) is 7.48. The van der Waals surface area contributed by atoms with Crippen molar-refractivity contribution in [1.29, 1.82) is 0 Å². The molecule has 0 aliphatic carbocycles. The molecule has 0 aliphatic heterocycles. The lowest BCUT2D eigenvalue weighted by Crippen LogP contribution is -1.96. The highest BCUT2D eigenvalue weighted by Gasteiger charge is 1.98. The summed E-state index contributed by atoms with van der Waals surface area (Å²) >= 11 is 0. The molecule has 17 heavy (non-hydrogen) atoms. The van der Waals surface area contributed by atoms with Crippen molar-refractivity contribution in [2.24, 2.45) is 10.3 Å². The van der Waals surface area contributed by atoms with Crippen LogP contribution in [0.3, 0.4) is 0 Å². The van der Waals surface area contributed by atoms with Crippen molar-refractivity contribution in [3.63, 3.8) is 0 Å². The highest BCUT2D eigenvalue weighted by Crippen LogP contribution is 2.05. The smallest absolute Gasteiger partial charge is 0.177 e. The molecule has 0 spiro atoms. The Morgan fingerprint density at radius 2 is 2.41 bits per heavy atom. The Balaban J connectivity index is 2.76. The molecular weight excluding hydrogens is 216 g/mol. The zero-order valence-electron chi connectivity index (χ0n) is 9.59. The summed E-state index contributed by atoms with van der Waals surface area (Å²) in [6.07, 6.45) is 6.60. The molecule has 0 aliphatic rings. The predicted octanol–water partition coefficient (Wildman–Crippen LogP) is 2.20. The van der Waals surface area contributed by atoms with Gasteiger partial charge in [0.25, 0.3) is 0 Å². The van der Waals surface area contributed by atoms with E-state index in [2.05, 4.69) is 28.2 Å². The molecule has 4 nitrogen and oxygen atoms in total. The number of terminal acetylenes is 1. The van der Waals surface area contributed by atoms with E-state index in [1.54, 1.807) is 6.21 Å². The standard InChI is InChI=1S/C13H13N2O2/c1-4-8-17-14-10-12-6-5-7-13(9-12)11(2)15-16-3/h1,5-7,9-10H,3,8H2,2H3/b14-10+,15-11+. The molecule has 0 amide bonds. The van der Waals surface area contributed by atoms with Crippen LogP contribution >= 0.6 is 0 Å². The van der Waals surface area contributed by atoms with Crippen molar-refractivity contribution >= 4 is 11.9 Å². The lowest BCUT2D eigenvalue weighted by Gasteiger charge is -2.00. The first-order valence-electron chi connectivity index (χ1n) is 4.93. The second-order valence-corrected chi connectivity index (χ2v) is 3.14. The summed E-state index contributed by atoms with van der Waals surface area (Å²) < 4.78 is 0. The zero-order chi connectivity index (χ0) is 12.5. The molecule has 0 saturated carbocycles. The molecule has 0 unspecified atom stereocenters. The molecule has 1 aromatic rings. The summed E-state index contributed by atoms with van der Waals surface area (Å²) in [6, 6.07) is 7.60. The Bertz CT molecular complexity index is 459. The number of oxime groups is 2. The maximum absolute atomic E-state index is 5.02. The van der Waals surface area contributed by atoms with Gasteiger partial charge in [0.05, 0.1) is 11.9 Å². The van der Waals surface area contributed by atoms with E-state index in [4.69, 9.17) is 11.3 Å². The zero-order valence-corrected chi connectivity index (χ0v) is 9.59. The van der Waals surface area contributed by atoms with E-state index in [-0.39, 0.29) is 6.61 Å². The number of hydrogen-bond acceptors (Lipinski definition) is 4. The molecule has 0 bridgehead atoms. The molecule has 1 radical (unpaired) electrons. The minimum absolute atomic E-state index is 0.159. The highest BCUT2D eigenvalue weighted by atomic mass is 16.6. The molecule has 0 saturated heterocycles. The predicted molar refractivity (Wildman–Crippen MR) is 67.5 cm³/mol. The van der Waals surface area contributed by atoms with Gasteiger partial charge in [0.15, 0.2) is 13.7 Å². The third kappa shape index (κ3) is 4.39. The van der Waals surface area contributed by atoms with Crippen LogP contribution in [-0.2, 0) is 9.68 Å². The van der Waals surface area contributed by atoms with Crippen molar-refractivity contribution in [2.75, 3.05) is 6.61 Å². The largest absolute Gasteiger partial charge is 0.392 e. The van der Waals surface area contributed by atoms with Crippen LogP contribution in [0.1, 0.15) is 18.1 Å². The fourth-order valence-corrected chi connectivity index (χ4v) is 1.17. The molecule has 0 heterocycles. The van der Waals surface area contributed by atoms with Gasteiger partial charge in [-0.3, -0.25) is 0 Å². The molecule has 1 aromatic carbocycles. The van der Waals surface area contributed by atoms with Gasteiger partial charge in [-0.05, 0) is 24.1 Å². The monoisotopic (exact) mass is 229 g/mol. The minimum Gasteiger partial charge on any atom is -0.392 e. The van der Waals surface area contributed by atoms with Crippen LogP contribution in [0, 0.1) is 19.5 Å². The second-order valence-electron chi connectivity index (χ2n) is 3.14. The van der Waals surface area contributed by atoms with Gasteiger partial charge in [-0.25, -0.2) is 0 Å². The van der Waals surface area contributed by atoms with Crippen LogP contribution in [0.5, 0.6) is 0 Å². The number of benzene rings is 1. The van der Waals surface area contributed by atoms with Crippen LogP contribution in [0.15, 0.2) is 34.6 Å². The lowest BCUT2D eigenvalue weighted by atomic mass is 10.1. The van der Waals surface area contributed by atoms with Crippen LogP contribution in [0.2, 0.25) is 0 Å². The third-order valence-electron chi connectivity index (χ3n) is 1.93. The summed E-state index contributed by atoms with van der Waals surface area (Å²) in [5.74, 6) is 2.32. The Morgan fingerprint density at radius 1 is 1.59 bits per heavy atom. The van der Waals surface area contributed by atoms with Gasteiger partial charge in [0.2, 0.25) is 0 Å². The van der Waals surface area contributed by atoms with Gasteiger partial charge in [0.1, 0.15) is 0 Å². The van der Waals surface area contributed by atoms with Gasteiger partial charge in [-0.15, -0.1) is 6.42 Å².